The number of aromatic carboxylic acids is 1. The molecule has 0 aromatic carbocycles. The first-order valence-corrected chi connectivity index (χ1v) is 10.1. The Labute approximate surface area is 154 Å². The maximum absolute atomic E-state index is 11.1. The molecule has 0 aliphatic heterocycles. The van der Waals surface area contributed by atoms with Crippen molar-refractivity contribution in [2.75, 3.05) is 5.75 Å². The smallest absolute Gasteiger partial charge is 0.347 e. The molecule has 0 spiro atoms. The van der Waals surface area contributed by atoms with Gasteiger partial charge >= 0.3 is 5.97 Å². The van der Waals surface area contributed by atoms with Gasteiger partial charge in [-0.15, -0.1) is 23.1 Å². The van der Waals surface area contributed by atoms with Crippen molar-refractivity contribution in [3.8, 4) is 0 Å². The molecule has 1 aromatic rings. The molecular formula is C20H28O2S2. The first kappa shape index (κ1) is 20.8. The van der Waals surface area contributed by atoms with Crippen LogP contribution >= 0.6 is 23.1 Å². The molecule has 1 aromatic heterocycles. The van der Waals surface area contributed by atoms with Crippen molar-refractivity contribution in [2.45, 2.75) is 58.3 Å². The van der Waals surface area contributed by atoms with E-state index in [2.05, 4.69) is 45.9 Å². The van der Waals surface area contributed by atoms with Gasteiger partial charge in [0, 0.05) is 10.6 Å². The van der Waals surface area contributed by atoms with Gasteiger partial charge in [0.2, 0.25) is 0 Å². The topological polar surface area (TPSA) is 37.3 Å². The third-order valence-corrected chi connectivity index (χ3v) is 5.63. The Morgan fingerprint density at radius 3 is 2.33 bits per heavy atom. The largest absolute Gasteiger partial charge is 0.477 e. The first-order valence-electron chi connectivity index (χ1n) is 8.28. The second-order valence-electron chi connectivity index (χ2n) is 6.19. The third-order valence-electron chi connectivity index (χ3n) is 3.62. The average Bonchev–Trinajstić information content (AvgIpc) is 2.95. The molecule has 0 saturated carbocycles. The molecule has 1 heterocycles. The van der Waals surface area contributed by atoms with Crippen LogP contribution in [0.4, 0.5) is 0 Å². The Balaban J connectivity index is 2.33. The predicted octanol–water partition coefficient (Wildman–Crippen LogP) is 6.96. The number of rotatable bonds is 10. The summed E-state index contributed by atoms with van der Waals surface area (Å²) in [6, 6.07) is 1.89. The molecule has 0 unspecified atom stereocenters. The fourth-order valence-corrected chi connectivity index (χ4v) is 4.14. The normalized spacial score (nSPS) is 12.3. The highest BCUT2D eigenvalue weighted by Gasteiger charge is 2.11. The predicted molar refractivity (Wildman–Crippen MR) is 107 cm³/mol. The second-order valence-corrected chi connectivity index (χ2v) is 8.17. The Morgan fingerprint density at radius 1 is 1.08 bits per heavy atom. The van der Waals surface area contributed by atoms with Crippen LogP contribution in [0.1, 0.15) is 63.0 Å². The Bertz CT molecular complexity index is 617. The van der Waals surface area contributed by atoms with Crippen LogP contribution < -0.4 is 0 Å². The van der Waals surface area contributed by atoms with E-state index in [9.17, 15) is 4.79 Å². The van der Waals surface area contributed by atoms with E-state index in [0.717, 1.165) is 36.3 Å². The zero-order valence-electron chi connectivity index (χ0n) is 15.1. The lowest BCUT2D eigenvalue weighted by atomic mass is 10.1. The highest BCUT2D eigenvalue weighted by atomic mass is 32.2. The molecule has 0 bridgehead atoms. The van der Waals surface area contributed by atoms with Crippen molar-refractivity contribution in [1.29, 1.82) is 0 Å². The van der Waals surface area contributed by atoms with Crippen molar-refractivity contribution in [3.63, 3.8) is 0 Å². The molecule has 24 heavy (non-hydrogen) atoms. The summed E-state index contributed by atoms with van der Waals surface area (Å²) in [5.74, 6) is -0.00604. The van der Waals surface area contributed by atoms with E-state index >= 15 is 0 Å². The third kappa shape index (κ3) is 8.55. The lowest BCUT2D eigenvalue weighted by Gasteiger charge is -2.02. The van der Waals surface area contributed by atoms with Crippen LogP contribution in [0.3, 0.4) is 0 Å². The Morgan fingerprint density at radius 2 is 1.71 bits per heavy atom. The number of hydrogen-bond acceptors (Lipinski definition) is 3. The molecule has 4 heteroatoms. The molecule has 0 saturated heterocycles. The summed E-state index contributed by atoms with van der Waals surface area (Å²) < 4.78 is 0. The van der Waals surface area contributed by atoms with E-state index in [0.29, 0.717) is 4.88 Å². The summed E-state index contributed by atoms with van der Waals surface area (Å²) in [5, 5.41) is 10.9. The molecule has 0 fully saturated rings. The Hall–Kier alpha value is -1.26. The van der Waals surface area contributed by atoms with Crippen molar-refractivity contribution in [2.24, 2.45) is 0 Å². The number of thiophene rings is 1. The van der Waals surface area contributed by atoms with Crippen LogP contribution in [-0.2, 0) is 0 Å². The van der Waals surface area contributed by atoms with Crippen LogP contribution in [0.2, 0.25) is 0 Å². The summed E-state index contributed by atoms with van der Waals surface area (Å²) in [4.78, 5) is 12.4. The van der Waals surface area contributed by atoms with Crippen molar-refractivity contribution < 1.29 is 9.90 Å². The quantitative estimate of drug-likeness (QED) is 0.360. The van der Waals surface area contributed by atoms with Gasteiger partial charge in [0.25, 0.3) is 0 Å². The van der Waals surface area contributed by atoms with Crippen LogP contribution in [0.25, 0.3) is 0 Å². The van der Waals surface area contributed by atoms with Crippen LogP contribution in [-0.4, -0.2) is 16.8 Å². The number of carbonyl (C=O) groups is 1. The molecule has 1 rings (SSSR count). The number of allylic oxidation sites excluding steroid dienone is 5. The van der Waals surface area contributed by atoms with Crippen molar-refractivity contribution in [3.05, 3.63) is 51.3 Å². The average molecular weight is 365 g/mol. The monoisotopic (exact) mass is 364 g/mol. The van der Waals surface area contributed by atoms with Gasteiger partial charge in [0.05, 0.1) is 0 Å². The van der Waals surface area contributed by atoms with Gasteiger partial charge in [0.15, 0.2) is 0 Å². The Kier molecular flexibility index (Phi) is 9.80. The fraction of sp³-hybridized carbons (Fsp3) is 0.450. The van der Waals surface area contributed by atoms with Crippen LogP contribution in [0, 0.1) is 0 Å². The van der Waals surface area contributed by atoms with Gasteiger partial charge in [-0.25, -0.2) is 4.79 Å². The summed E-state index contributed by atoms with van der Waals surface area (Å²) in [5.41, 5.74) is 4.21. The maximum Gasteiger partial charge on any atom is 0.347 e. The number of carboxylic acids is 1. The molecule has 0 atom stereocenters. The minimum Gasteiger partial charge on any atom is -0.477 e. The lowest BCUT2D eigenvalue weighted by Crippen LogP contribution is -1.93. The molecule has 2 nitrogen and oxygen atoms in total. The standard InChI is InChI=1S/C20H28O2S2/c1-15(2)7-5-8-16(3)9-6-10-17(4)11-13-23-18-12-14-24-19(18)20(21)22/h7,9,11-12,14H,5-6,8,10,13H2,1-4H3,(H,21,22)/b16-9+,17-11+. The SMILES string of the molecule is CC(C)=CCC/C(C)=C/CC/C(C)=C/CSc1ccsc1C(=O)O. The van der Waals surface area contributed by atoms with Gasteiger partial charge in [-0.3, -0.25) is 0 Å². The van der Waals surface area contributed by atoms with Gasteiger partial charge in [-0.05, 0) is 64.8 Å². The van der Waals surface area contributed by atoms with E-state index < -0.39 is 5.97 Å². The number of thioether (sulfide) groups is 1. The summed E-state index contributed by atoms with van der Waals surface area (Å²) >= 11 is 2.88. The maximum atomic E-state index is 11.1. The minimum absolute atomic E-state index is 0.445. The summed E-state index contributed by atoms with van der Waals surface area (Å²) in [6.07, 6.45) is 11.2. The molecule has 1 N–H and O–H groups in total. The van der Waals surface area contributed by atoms with Gasteiger partial charge in [0.1, 0.15) is 4.88 Å². The van der Waals surface area contributed by atoms with Gasteiger partial charge < -0.3 is 5.11 Å². The first-order chi connectivity index (χ1) is 11.4. The molecule has 0 amide bonds. The molecule has 0 aliphatic rings. The fourth-order valence-electron chi connectivity index (χ4n) is 2.18. The highest BCUT2D eigenvalue weighted by Crippen LogP contribution is 2.28. The van der Waals surface area contributed by atoms with E-state index in [-0.39, 0.29) is 0 Å². The minimum atomic E-state index is -0.832. The molecule has 0 radical (unpaired) electrons. The van der Waals surface area contributed by atoms with Crippen LogP contribution in [0.5, 0.6) is 0 Å². The molecule has 132 valence electrons. The van der Waals surface area contributed by atoms with Crippen molar-refractivity contribution >= 4 is 29.1 Å². The van der Waals surface area contributed by atoms with Gasteiger partial charge in [-0.2, -0.15) is 0 Å². The second kappa shape index (κ2) is 11.3. The number of carboxylic acid groups (broad SMARTS) is 1. The van der Waals surface area contributed by atoms with E-state index in [1.165, 1.54) is 28.1 Å². The van der Waals surface area contributed by atoms with E-state index in [4.69, 9.17) is 5.11 Å². The molecular weight excluding hydrogens is 336 g/mol. The summed E-state index contributed by atoms with van der Waals surface area (Å²) in [7, 11) is 0. The lowest BCUT2D eigenvalue weighted by molar-refractivity contribution is 0.0699. The van der Waals surface area contributed by atoms with Gasteiger partial charge in [-0.1, -0.05) is 34.9 Å². The zero-order chi connectivity index (χ0) is 17.9. The zero-order valence-corrected chi connectivity index (χ0v) is 16.7. The number of hydrogen-bond donors (Lipinski definition) is 1. The van der Waals surface area contributed by atoms with Crippen molar-refractivity contribution in [1.82, 2.24) is 0 Å². The summed E-state index contributed by atoms with van der Waals surface area (Å²) in [6.45, 7) is 8.64. The van der Waals surface area contributed by atoms with E-state index in [1.54, 1.807) is 11.8 Å². The molecule has 0 aliphatic carbocycles. The van der Waals surface area contributed by atoms with E-state index in [1.807, 2.05) is 11.4 Å². The highest BCUT2D eigenvalue weighted by molar-refractivity contribution is 7.99. The van der Waals surface area contributed by atoms with Crippen LogP contribution in [0.15, 0.2) is 51.3 Å².